The van der Waals surface area contributed by atoms with Crippen LogP contribution in [0.25, 0.3) is 6.08 Å². The molecule has 0 N–H and O–H groups in total. The third kappa shape index (κ3) is 4.55. The van der Waals surface area contributed by atoms with Gasteiger partial charge in [0, 0.05) is 5.56 Å². The van der Waals surface area contributed by atoms with Crippen LogP contribution in [0.3, 0.4) is 0 Å². The molecule has 24 heavy (non-hydrogen) atoms. The molecule has 4 nitrogen and oxygen atoms in total. The van der Waals surface area contributed by atoms with Crippen molar-refractivity contribution >= 4 is 11.9 Å². The lowest BCUT2D eigenvalue weighted by Crippen LogP contribution is -2.03. The average molecular weight is 334 g/mol. The van der Waals surface area contributed by atoms with Crippen LogP contribution in [0.1, 0.15) is 15.9 Å². The minimum Gasteiger partial charge on any atom is -0.493 e. The lowest BCUT2D eigenvalue weighted by Gasteiger charge is -2.07. The maximum Gasteiger partial charge on any atom is 0.387 e. The van der Waals surface area contributed by atoms with E-state index in [1.165, 1.54) is 44.6 Å². The molecule has 0 aliphatic carbocycles. The SMILES string of the molecule is COc1ccc(/C=C/C(=O)c2cccc(OC(F)F)c2)cc1OC. The second-order valence-electron chi connectivity index (χ2n) is 4.72. The smallest absolute Gasteiger partial charge is 0.387 e. The monoisotopic (exact) mass is 334 g/mol. The molecule has 0 atom stereocenters. The molecule has 0 saturated carbocycles. The molecule has 2 aromatic carbocycles. The number of ether oxygens (including phenoxy) is 3. The number of hydrogen-bond acceptors (Lipinski definition) is 4. The van der Waals surface area contributed by atoms with Crippen molar-refractivity contribution < 1.29 is 27.8 Å². The molecule has 0 aromatic heterocycles. The van der Waals surface area contributed by atoms with Gasteiger partial charge in [-0.2, -0.15) is 8.78 Å². The lowest BCUT2D eigenvalue weighted by atomic mass is 10.1. The summed E-state index contributed by atoms with van der Waals surface area (Å²) in [4.78, 5) is 12.1. The van der Waals surface area contributed by atoms with Crippen molar-refractivity contribution in [2.24, 2.45) is 0 Å². The third-order valence-electron chi connectivity index (χ3n) is 3.18. The number of rotatable bonds is 7. The number of methoxy groups -OCH3 is 2. The fourth-order valence-electron chi connectivity index (χ4n) is 2.05. The topological polar surface area (TPSA) is 44.8 Å². The highest BCUT2D eigenvalue weighted by atomic mass is 19.3. The molecule has 0 aliphatic heterocycles. The van der Waals surface area contributed by atoms with Crippen LogP contribution in [0.4, 0.5) is 8.78 Å². The predicted molar refractivity (Wildman–Crippen MR) is 86.0 cm³/mol. The maximum absolute atomic E-state index is 12.2. The quantitative estimate of drug-likeness (QED) is 0.562. The van der Waals surface area contributed by atoms with Gasteiger partial charge in [-0.15, -0.1) is 0 Å². The summed E-state index contributed by atoms with van der Waals surface area (Å²) in [5.74, 6) is 0.733. The largest absolute Gasteiger partial charge is 0.493 e. The molecule has 0 heterocycles. The molecule has 0 fully saturated rings. The van der Waals surface area contributed by atoms with E-state index >= 15 is 0 Å². The summed E-state index contributed by atoms with van der Waals surface area (Å²) >= 11 is 0. The molecule has 6 heteroatoms. The third-order valence-corrected chi connectivity index (χ3v) is 3.18. The first-order valence-corrected chi connectivity index (χ1v) is 7.03. The molecule has 126 valence electrons. The van der Waals surface area contributed by atoms with Crippen molar-refractivity contribution in [1.29, 1.82) is 0 Å². The van der Waals surface area contributed by atoms with Crippen LogP contribution in [-0.2, 0) is 0 Å². The van der Waals surface area contributed by atoms with Gasteiger partial charge in [0.05, 0.1) is 14.2 Å². The van der Waals surface area contributed by atoms with E-state index in [0.717, 1.165) is 5.56 Å². The Bertz CT molecular complexity index is 742. The summed E-state index contributed by atoms with van der Waals surface area (Å²) in [7, 11) is 3.05. The molecule has 0 bridgehead atoms. The average Bonchev–Trinajstić information content (AvgIpc) is 2.59. The summed E-state index contributed by atoms with van der Waals surface area (Å²) in [5, 5.41) is 0. The van der Waals surface area contributed by atoms with Crippen molar-refractivity contribution in [2.45, 2.75) is 6.61 Å². The van der Waals surface area contributed by atoms with Gasteiger partial charge in [0.2, 0.25) is 0 Å². The summed E-state index contributed by atoms with van der Waals surface area (Å²) < 4.78 is 39.0. The number of alkyl halides is 2. The summed E-state index contributed by atoms with van der Waals surface area (Å²) in [6.45, 7) is -2.93. The van der Waals surface area contributed by atoms with Gasteiger partial charge < -0.3 is 14.2 Å². The maximum atomic E-state index is 12.2. The van der Waals surface area contributed by atoms with E-state index in [1.807, 2.05) is 0 Å². The van der Waals surface area contributed by atoms with Gasteiger partial charge in [-0.1, -0.05) is 24.3 Å². The molecule has 0 radical (unpaired) electrons. The van der Waals surface area contributed by atoms with Crippen molar-refractivity contribution in [1.82, 2.24) is 0 Å². The van der Waals surface area contributed by atoms with E-state index in [2.05, 4.69) is 4.74 Å². The first kappa shape index (κ1) is 17.5. The number of benzene rings is 2. The van der Waals surface area contributed by atoms with Crippen LogP contribution in [0.15, 0.2) is 48.5 Å². The number of ketones is 1. The molecule has 0 unspecified atom stereocenters. The van der Waals surface area contributed by atoms with Crippen molar-refractivity contribution in [3.8, 4) is 17.2 Å². The minimum absolute atomic E-state index is 0.0598. The highest BCUT2D eigenvalue weighted by Gasteiger charge is 2.08. The Morgan fingerprint density at radius 1 is 1.04 bits per heavy atom. The zero-order chi connectivity index (χ0) is 17.5. The van der Waals surface area contributed by atoms with E-state index in [9.17, 15) is 13.6 Å². The second kappa shape index (κ2) is 8.10. The van der Waals surface area contributed by atoms with E-state index in [4.69, 9.17) is 9.47 Å². The highest BCUT2D eigenvalue weighted by molar-refractivity contribution is 6.07. The standard InChI is InChI=1S/C18H16F2O4/c1-22-16-9-7-12(10-17(16)23-2)6-8-15(21)13-4-3-5-14(11-13)24-18(19)20/h3-11,18H,1-2H3/b8-6+. The van der Waals surface area contributed by atoms with E-state index in [-0.39, 0.29) is 17.1 Å². The Hall–Kier alpha value is -2.89. The van der Waals surface area contributed by atoms with Gasteiger partial charge in [0.1, 0.15) is 5.75 Å². The van der Waals surface area contributed by atoms with Crippen LogP contribution in [0, 0.1) is 0 Å². The van der Waals surface area contributed by atoms with Crippen molar-refractivity contribution in [3.05, 3.63) is 59.7 Å². The van der Waals surface area contributed by atoms with Gasteiger partial charge in [0.15, 0.2) is 17.3 Å². The number of carbonyl (C=O) groups excluding carboxylic acids is 1. The molecule has 0 amide bonds. The van der Waals surface area contributed by atoms with E-state index < -0.39 is 6.61 Å². The van der Waals surface area contributed by atoms with Gasteiger partial charge >= 0.3 is 6.61 Å². The molecule has 0 spiro atoms. The molecule has 2 aromatic rings. The van der Waals surface area contributed by atoms with Crippen LogP contribution in [0.5, 0.6) is 17.2 Å². The summed E-state index contributed by atoms with van der Waals surface area (Å²) in [6.07, 6.45) is 2.95. The predicted octanol–water partition coefficient (Wildman–Crippen LogP) is 4.20. The van der Waals surface area contributed by atoms with Crippen LogP contribution in [-0.4, -0.2) is 26.6 Å². The molecule has 0 saturated heterocycles. The number of halogens is 2. The zero-order valence-electron chi connectivity index (χ0n) is 13.2. The summed E-state index contributed by atoms with van der Waals surface area (Å²) in [5.41, 5.74) is 0.992. The molecular formula is C18H16F2O4. The van der Waals surface area contributed by atoms with Crippen LogP contribution >= 0.6 is 0 Å². The Morgan fingerprint density at radius 3 is 2.46 bits per heavy atom. The van der Waals surface area contributed by atoms with Gasteiger partial charge in [0.25, 0.3) is 0 Å². The van der Waals surface area contributed by atoms with Crippen molar-refractivity contribution in [2.75, 3.05) is 14.2 Å². The fourth-order valence-corrected chi connectivity index (χ4v) is 2.05. The first-order valence-electron chi connectivity index (χ1n) is 7.03. The van der Waals surface area contributed by atoms with Gasteiger partial charge in [-0.25, -0.2) is 0 Å². The normalized spacial score (nSPS) is 10.9. The summed E-state index contributed by atoms with van der Waals surface area (Å²) in [6, 6.07) is 10.9. The molecule has 0 aliphatic rings. The Balaban J connectivity index is 2.15. The van der Waals surface area contributed by atoms with Crippen molar-refractivity contribution in [3.63, 3.8) is 0 Å². The van der Waals surface area contributed by atoms with Crippen LogP contribution in [0.2, 0.25) is 0 Å². The van der Waals surface area contributed by atoms with E-state index in [1.54, 1.807) is 24.3 Å². The fraction of sp³-hybridized carbons (Fsp3) is 0.167. The lowest BCUT2D eigenvalue weighted by molar-refractivity contribution is -0.0498. The second-order valence-corrected chi connectivity index (χ2v) is 4.72. The van der Waals surface area contributed by atoms with Gasteiger partial charge in [-0.3, -0.25) is 4.79 Å². The van der Waals surface area contributed by atoms with Crippen LogP contribution < -0.4 is 14.2 Å². The highest BCUT2D eigenvalue weighted by Crippen LogP contribution is 2.28. The number of carbonyl (C=O) groups is 1. The zero-order valence-corrected chi connectivity index (χ0v) is 13.2. The molecule has 2 rings (SSSR count). The Labute approximate surface area is 138 Å². The van der Waals surface area contributed by atoms with Gasteiger partial charge in [-0.05, 0) is 35.9 Å². The van der Waals surface area contributed by atoms with E-state index in [0.29, 0.717) is 11.5 Å². The number of hydrogen-bond donors (Lipinski definition) is 0. The minimum atomic E-state index is -2.93. The Morgan fingerprint density at radius 2 is 1.79 bits per heavy atom. The first-order chi connectivity index (χ1) is 11.5. The molecular weight excluding hydrogens is 318 g/mol. The Kier molecular flexibility index (Phi) is 5.89. The number of allylic oxidation sites excluding steroid dienone is 1.